The zero-order valence-electron chi connectivity index (χ0n) is 15.7. The molecule has 4 heteroatoms. The highest BCUT2D eigenvalue weighted by atomic mass is 16.5. The van der Waals surface area contributed by atoms with Crippen molar-refractivity contribution in [3.05, 3.63) is 65.2 Å². The SMILES string of the molecule is Cc1ccc(O[C@H](C)C(=O)NCc2ccccc2CN2CCCC2)cc1. The van der Waals surface area contributed by atoms with Gasteiger partial charge < -0.3 is 10.1 Å². The molecule has 1 aliphatic rings. The minimum absolute atomic E-state index is 0.0958. The van der Waals surface area contributed by atoms with E-state index in [1.165, 1.54) is 42.6 Å². The number of benzene rings is 2. The molecule has 1 atom stereocenters. The summed E-state index contributed by atoms with van der Waals surface area (Å²) in [7, 11) is 0. The van der Waals surface area contributed by atoms with E-state index < -0.39 is 6.10 Å². The molecule has 0 unspecified atom stereocenters. The Morgan fingerprint density at radius 3 is 2.42 bits per heavy atom. The molecule has 1 saturated heterocycles. The molecule has 0 bridgehead atoms. The molecule has 4 nitrogen and oxygen atoms in total. The van der Waals surface area contributed by atoms with Gasteiger partial charge in [0.1, 0.15) is 5.75 Å². The Balaban J connectivity index is 1.54. The van der Waals surface area contributed by atoms with E-state index in [4.69, 9.17) is 4.74 Å². The highest BCUT2D eigenvalue weighted by Gasteiger charge is 2.16. The second-order valence-corrected chi connectivity index (χ2v) is 7.04. The van der Waals surface area contributed by atoms with Crippen molar-refractivity contribution in [3.8, 4) is 5.75 Å². The third-order valence-electron chi connectivity index (χ3n) is 4.87. The Labute approximate surface area is 156 Å². The first-order chi connectivity index (χ1) is 12.6. The second-order valence-electron chi connectivity index (χ2n) is 7.04. The lowest BCUT2D eigenvalue weighted by atomic mass is 10.1. The van der Waals surface area contributed by atoms with Crippen LogP contribution in [0.1, 0.15) is 36.5 Å². The fourth-order valence-electron chi connectivity index (χ4n) is 3.27. The zero-order chi connectivity index (χ0) is 18.4. The van der Waals surface area contributed by atoms with E-state index >= 15 is 0 Å². The zero-order valence-corrected chi connectivity index (χ0v) is 15.7. The van der Waals surface area contributed by atoms with Crippen LogP contribution in [0.4, 0.5) is 0 Å². The van der Waals surface area contributed by atoms with Crippen LogP contribution in [0.5, 0.6) is 5.75 Å². The van der Waals surface area contributed by atoms with Crippen LogP contribution in [0.2, 0.25) is 0 Å². The van der Waals surface area contributed by atoms with Crippen molar-refractivity contribution < 1.29 is 9.53 Å². The molecule has 0 saturated carbocycles. The molecule has 0 aliphatic carbocycles. The van der Waals surface area contributed by atoms with E-state index in [0.29, 0.717) is 12.3 Å². The topological polar surface area (TPSA) is 41.6 Å². The smallest absolute Gasteiger partial charge is 0.261 e. The van der Waals surface area contributed by atoms with Crippen LogP contribution in [-0.4, -0.2) is 30.0 Å². The largest absolute Gasteiger partial charge is 0.481 e. The van der Waals surface area contributed by atoms with Gasteiger partial charge in [0.25, 0.3) is 5.91 Å². The molecule has 1 aliphatic heterocycles. The van der Waals surface area contributed by atoms with Gasteiger partial charge >= 0.3 is 0 Å². The molecular formula is C22H28N2O2. The summed E-state index contributed by atoms with van der Waals surface area (Å²) in [4.78, 5) is 14.9. The third-order valence-corrected chi connectivity index (χ3v) is 4.87. The number of nitrogens with one attached hydrogen (secondary N) is 1. The van der Waals surface area contributed by atoms with Crippen molar-refractivity contribution in [2.75, 3.05) is 13.1 Å². The summed E-state index contributed by atoms with van der Waals surface area (Å²) in [6.45, 7) is 7.64. The number of carbonyl (C=O) groups excluding carboxylic acids is 1. The minimum Gasteiger partial charge on any atom is -0.481 e. The maximum atomic E-state index is 12.4. The molecular weight excluding hydrogens is 324 g/mol. The first kappa shape index (κ1) is 18.5. The normalized spacial score (nSPS) is 15.6. The molecule has 1 fully saturated rings. The number of rotatable bonds is 7. The molecule has 0 aromatic heterocycles. The molecule has 0 spiro atoms. The quantitative estimate of drug-likeness (QED) is 0.827. The van der Waals surface area contributed by atoms with Crippen molar-refractivity contribution in [3.63, 3.8) is 0 Å². The van der Waals surface area contributed by atoms with Gasteiger partial charge in [0.05, 0.1) is 0 Å². The van der Waals surface area contributed by atoms with Crippen LogP contribution in [0, 0.1) is 6.92 Å². The van der Waals surface area contributed by atoms with Gasteiger partial charge in [0.15, 0.2) is 6.10 Å². The second kappa shape index (κ2) is 8.86. The van der Waals surface area contributed by atoms with Crippen molar-refractivity contribution in [2.24, 2.45) is 0 Å². The van der Waals surface area contributed by atoms with Gasteiger partial charge in [-0.3, -0.25) is 9.69 Å². The Bertz CT molecular complexity index is 721. The summed E-state index contributed by atoms with van der Waals surface area (Å²) in [5.74, 6) is 0.620. The van der Waals surface area contributed by atoms with Gasteiger partial charge in [-0.15, -0.1) is 0 Å². The third kappa shape index (κ3) is 5.09. The highest BCUT2D eigenvalue weighted by Crippen LogP contribution is 2.17. The van der Waals surface area contributed by atoms with Crippen molar-refractivity contribution >= 4 is 5.91 Å². The van der Waals surface area contributed by atoms with E-state index in [1.54, 1.807) is 6.92 Å². The number of hydrogen-bond donors (Lipinski definition) is 1. The number of amides is 1. The van der Waals surface area contributed by atoms with Crippen molar-refractivity contribution in [1.82, 2.24) is 10.2 Å². The Hall–Kier alpha value is -2.33. The standard InChI is InChI=1S/C22H28N2O2/c1-17-9-11-21(12-10-17)26-18(2)22(25)23-15-19-7-3-4-8-20(19)16-24-13-5-6-14-24/h3-4,7-12,18H,5-6,13-16H2,1-2H3,(H,23,25)/t18-/m1/s1. The summed E-state index contributed by atoms with van der Waals surface area (Å²) in [5.41, 5.74) is 3.64. The van der Waals surface area contributed by atoms with Crippen molar-refractivity contribution in [1.29, 1.82) is 0 Å². The summed E-state index contributed by atoms with van der Waals surface area (Å²) in [6.07, 6.45) is 2.04. The van der Waals surface area contributed by atoms with Crippen LogP contribution >= 0.6 is 0 Å². The molecule has 0 radical (unpaired) electrons. The predicted molar refractivity (Wildman–Crippen MR) is 104 cm³/mol. The average Bonchev–Trinajstić information content (AvgIpc) is 3.15. The Kier molecular flexibility index (Phi) is 6.29. The van der Waals surface area contributed by atoms with Crippen LogP contribution < -0.4 is 10.1 Å². The van der Waals surface area contributed by atoms with Gasteiger partial charge in [0.2, 0.25) is 0 Å². The lowest BCUT2D eigenvalue weighted by Gasteiger charge is -2.19. The molecule has 138 valence electrons. The Morgan fingerprint density at radius 2 is 1.73 bits per heavy atom. The number of carbonyl (C=O) groups is 1. The number of hydrogen-bond acceptors (Lipinski definition) is 3. The summed E-state index contributed by atoms with van der Waals surface area (Å²) >= 11 is 0. The fraction of sp³-hybridized carbons (Fsp3) is 0.409. The lowest BCUT2D eigenvalue weighted by Crippen LogP contribution is -2.36. The summed E-state index contributed by atoms with van der Waals surface area (Å²) in [5, 5.41) is 3.01. The average molecular weight is 352 g/mol. The first-order valence-corrected chi connectivity index (χ1v) is 9.42. The van der Waals surface area contributed by atoms with E-state index in [2.05, 4.69) is 28.4 Å². The van der Waals surface area contributed by atoms with Gasteiger partial charge in [-0.1, -0.05) is 42.0 Å². The molecule has 1 heterocycles. The van der Waals surface area contributed by atoms with Gasteiger partial charge in [0, 0.05) is 13.1 Å². The van der Waals surface area contributed by atoms with E-state index in [1.807, 2.05) is 37.3 Å². The van der Waals surface area contributed by atoms with E-state index in [0.717, 1.165) is 6.54 Å². The van der Waals surface area contributed by atoms with E-state index in [9.17, 15) is 4.79 Å². The van der Waals surface area contributed by atoms with Crippen LogP contribution in [0.3, 0.4) is 0 Å². The van der Waals surface area contributed by atoms with Gasteiger partial charge in [-0.25, -0.2) is 0 Å². The molecule has 2 aromatic rings. The Morgan fingerprint density at radius 1 is 1.08 bits per heavy atom. The monoisotopic (exact) mass is 352 g/mol. The van der Waals surface area contributed by atoms with Gasteiger partial charge in [-0.05, 0) is 63.0 Å². The molecule has 1 amide bonds. The van der Waals surface area contributed by atoms with Gasteiger partial charge in [-0.2, -0.15) is 0 Å². The van der Waals surface area contributed by atoms with Crippen LogP contribution in [0.25, 0.3) is 0 Å². The molecule has 26 heavy (non-hydrogen) atoms. The van der Waals surface area contributed by atoms with E-state index in [-0.39, 0.29) is 5.91 Å². The van der Waals surface area contributed by atoms with Crippen molar-refractivity contribution in [2.45, 2.75) is 45.9 Å². The predicted octanol–water partition coefficient (Wildman–Crippen LogP) is 3.67. The van der Waals surface area contributed by atoms with Crippen LogP contribution in [-0.2, 0) is 17.9 Å². The number of nitrogens with zero attached hydrogens (tertiary/aromatic N) is 1. The maximum absolute atomic E-state index is 12.4. The number of ether oxygens (including phenoxy) is 1. The number of aryl methyl sites for hydroxylation is 1. The fourth-order valence-corrected chi connectivity index (χ4v) is 3.27. The van der Waals surface area contributed by atoms with Crippen LogP contribution in [0.15, 0.2) is 48.5 Å². The minimum atomic E-state index is -0.525. The molecule has 3 rings (SSSR count). The molecule has 1 N–H and O–H groups in total. The first-order valence-electron chi connectivity index (χ1n) is 9.42. The summed E-state index contributed by atoms with van der Waals surface area (Å²) in [6, 6.07) is 16.1. The lowest BCUT2D eigenvalue weighted by molar-refractivity contribution is -0.127. The maximum Gasteiger partial charge on any atom is 0.261 e. The summed E-state index contributed by atoms with van der Waals surface area (Å²) < 4.78 is 5.74. The highest BCUT2D eigenvalue weighted by molar-refractivity contribution is 5.80. The number of likely N-dealkylation sites (tertiary alicyclic amines) is 1. The molecule has 2 aromatic carbocycles.